The van der Waals surface area contributed by atoms with E-state index in [1.807, 2.05) is 32.0 Å². The zero-order valence-corrected chi connectivity index (χ0v) is 12.4. The molecule has 110 valence electrons. The molecular formula is C14H19ClN2O3. The summed E-state index contributed by atoms with van der Waals surface area (Å²) in [5.41, 5.74) is 0.930. The van der Waals surface area contributed by atoms with Gasteiger partial charge in [0.05, 0.1) is 6.42 Å². The standard InChI is InChI=1S/C14H19ClN2O3/c1-10(2)17(14(20)16-7-6-13(18)19)9-11-4-3-5-12(15)8-11/h3-5,8,10H,6-7,9H2,1-2H3,(H,16,20)(H,18,19). The van der Waals surface area contributed by atoms with Gasteiger partial charge in [0, 0.05) is 24.2 Å². The molecule has 1 rings (SSSR count). The molecule has 0 spiro atoms. The molecule has 1 aromatic rings. The van der Waals surface area contributed by atoms with Crippen LogP contribution in [-0.4, -0.2) is 34.6 Å². The third-order valence-corrected chi connectivity index (χ3v) is 2.98. The summed E-state index contributed by atoms with van der Waals surface area (Å²) in [7, 11) is 0. The molecule has 2 N–H and O–H groups in total. The van der Waals surface area contributed by atoms with Crippen molar-refractivity contribution in [1.82, 2.24) is 10.2 Å². The third kappa shape index (κ3) is 5.48. The summed E-state index contributed by atoms with van der Waals surface area (Å²) in [5.74, 6) is -0.934. The van der Waals surface area contributed by atoms with Crippen molar-refractivity contribution < 1.29 is 14.7 Å². The second-order valence-corrected chi connectivity index (χ2v) is 5.16. The van der Waals surface area contributed by atoms with Crippen LogP contribution in [-0.2, 0) is 11.3 Å². The molecule has 0 fully saturated rings. The van der Waals surface area contributed by atoms with Gasteiger partial charge < -0.3 is 15.3 Å². The third-order valence-electron chi connectivity index (χ3n) is 2.74. The Morgan fingerprint density at radius 3 is 2.65 bits per heavy atom. The van der Waals surface area contributed by atoms with Crippen LogP contribution in [0.4, 0.5) is 4.79 Å². The number of aliphatic carboxylic acids is 1. The molecule has 2 amide bonds. The minimum atomic E-state index is -0.934. The minimum absolute atomic E-state index is 0.00110. The largest absolute Gasteiger partial charge is 0.481 e. The molecule has 0 radical (unpaired) electrons. The summed E-state index contributed by atoms with van der Waals surface area (Å²) in [6, 6.07) is 7.03. The summed E-state index contributed by atoms with van der Waals surface area (Å²) in [6.07, 6.45) is -0.0885. The molecule has 0 aliphatic rings. The molecule has 0 aliphatic carbocycles. The summed E-state index contributed by atoms with van der Waals surface area (Å²) in [5, 5.41) is 11.8. The monoisotopic (exact) mass is 298 g/mol. The summed E-state index contributed by atoms with van der Waals surface area (Å²) >= 11 is 5.92. The highest BCUT2D eigenvalue weighted by Crippen LogP contribution is 2.14. The van der Waals surface area contributed by atoms with E-state index in [-0.39, 0.29) is 25.0 Å². The first-order chi connectivity index (χ1) is 9.40. The topological polar surface area (TPSA) is 69.6 Å². The highest BCUT2D eigenvalue weighted by atomic mass is 35.5. The number of nitrogens with zero attached hydrogens (tertiary/aromatic N) is 1. The first kappa shape index (κ1) is 16.3. The Morgan fingerprint density at radius 2 is 2.10 bits per heavy atom. The molecule has 0 unspecified atom stereocenters. The van der Waals surface area contributed by atoms with E-state index in [1.165, 1.54) is 0 Å². The zero-order chi connectivity index (χ0) is 15.1. The van der Waals surface area contributed by atoms with Gasteiger partial charge in [-0.25, -0.2) is 4.79 Å². The average Bonchev–Trinajstić information content (AvgIpc) is 2.35. The summed E-state index contributed by atoms with van der Waals surface area (Å²) < 4.78 is 0. The van der Waals surface area contributed by atoms with Crippen LogP contribution in [0.3, 0.4) is 0 Å². The highest BCUT2D eigenvalue weighted by Gasteiger charge is 2.17. The second-order valence-electron chi connectivity index (χ2n) is 4.73. The van der Waals surface area contributed by atoms with E-state index in [2.05, 4.69) is 5.32 Å². The van der Waals surface area contributed by atoms with Gasteiger partial charge in [-0.3, -0.25) is 4.79 Å². The van der Waals surface area contributed by atoms with E-state index in [0.29, 0.717) is 11.6 Å². The molecule has 0 saturated heterocycles. The SMILES string of the molecule is CC(C)N(Cc1cccc(Cl)c1)C(=O)NCCC(=O)O. The Labute approximate surface area is 123 Å². The van der Waals surface area contributed by atoms with Gasteiger partial charge in [0.2, 0.25) is 0 Å². The van der Waals surface area contributed by atoms with Crippen molar-refractivity contribution in [3.63, 3.8) is 0 Å². The van der Waals surface area contributed by atoms with Crippen LogP contribution >= 0.6 is 11.6 Å². The number of benzene rings is 1. The van der Waals surface area contributed by atoms with Crippen LogP contribution in [0.25, 0.3) is 0 Å². The van der Waals surface area contributed by atoms with Crippen LogP contribution in [0.2, 0.25) is 5.02 Å². The predicted molar refractivity (Wildman–Crippen MR) is 77.8 cm³/mol. The van der Waals surface area contributed by atoms with Gasteiger partial charge in [-0.15, -0.1) is 0 Å². The van der Waals surface area contributed by atoms with Crippen molar-refractivity contribution in [3.8, 4) is 0 Å². The summed E-state index contributed by atoms with van der Waals surface area (Å²) in [6.45, 7) is 4.35. The fourth-order valence-corrected chi connectivity index (χ4v) is 1.91. The first-order valence-corrected chi connectivity index (χ1v) is 6.78. The molecule has 0 aliphatic heterocycles. The van der Waals surface area contributed by atoms with E-state index in [9.17, 15) is 9.59 Å². The number of carbonyl (C=O) groups is 2. The maximum absolute atomic E-state index is 12.0. The number of rotatable bonds is 6. The Hall–Kier alpha value is -1.75. The number of nitrogens with one attached hydrogen (secondary N) is 1. The van der Waals surface area contributed by atoms with Gasteiger partial charge >= 0.3 is 12.0 Å². The molecule has 1 aromatic carbocycles. The summed E-state index contributed by atoms with van der Waals surface area (Å²) in [4.78, 5) is 24.1. The number of hydrogen-bond donors (Lipinski definition) is 2. The molecule has 0 aromatic heterocycles. The number of hydrogen-bond acceptors (Lipinski definition) is 2. The maximum Gasteiger partial charge on any atom is 0.317 e. The van der Waals surface area contributed by atoms with Crippen LogP contribution in [0, 0.1) is 0 Å². The van der Waals surface area contributed by atoms with Crippen molar-refractivity contribution in [2.45, 2.75) is 32.9 Å². The van der Waals surface area contributed by atoms with Gasteiger partial charge in [0.15, 0.2) is 0 Å². The van der Waals surface area contributed by atoms with Gasteiger partial charge in [-0.1, -0.05) is 23.7 Å². The zero-order valence-electron chi connectivity index (χ0n) is 11.6. The van der Waals surface area contributed by atoms with Crippen LogP contribution in [0.15, 0.2) is 24.3 Å². The lowest BCUT2D eigenvalue weighted by atomic mass is 10.2. The molecule has 0 saturated carbocycles. The van der Waals surface area contributed by atoms with Crippen LogP contribution in [0.5, 0.6) is 0 Å². The van der Waals surface area contributed by atoms with E-state index < -0.39 is 5.97 Å². The molecule has 0 bridgehead atoms. The lowest BCUT2D eigenvalue weighted by Gasteiger charge is -2.27. The normalized spacial score (nSPS) is 10.4. The smallest absolute Gasteiger partial charge is 0.317 e. The number of halogens is 1. The Kier molecular flexibility index (Phi) is 6.31. The van der Waals surface area contributed by atoms with Crippen molar-refractivity contribution in [1.29, 1.82) is 0 Å². The number of urea groups is 1. The van der Waals surface area contributed by atoms with Gasteiger partial charge in [-0.05, 0) is 31.5 Å². The predicted octanol–water partition coefficient (Wildman–Crippen LogP) is 2.73. The fraction of sp³-hybridized carbons (Fsp3) is 0.429. The molecule has 0 atom stereocenters. The Balaban J connectivity index is 2.64. The maximum atomic E-state index is 12.0. The van der Waals surface area contributed by atoms with Crippen LogP contribution < -0.4 is 5.32 Å². The quantitative estimate of drug-likeness (QED) is 0.848. The van der Waals surface area contributed by atoms with Gasteiger partial charge in [0.25, 0.3) is 0 Å². The van der Waals surface area contributed by atoms with Crippen LogP contribution in [0.1, 0.15) is 25.8 Å². The highest BCUT2D eigenvalue weighted by molar-refractivity contribution is 6.30. The average molecular weight is 299 g/mol. The molecular weight excluding hydrogens is 280 g/mol. The Bertz CT molecular complexity index is 477. The lowest BCUT2D eigenvalue weighted by molar-refractivity contribution is -0.136. The van der Waals surface area contributed by atoms with E-state index >= 15 is 0 Å². The van der Waals surface area contributed by atoms with Crippen molar-refractivity contribution in [3.05, 3.63) is 34.9 Å². The van der Waals surface area contributed by atoms with E-state index in [0.717, 1.165) is 5.56 Å². The van der Waals surface area contributed by atoms with Gasteiger partial charge in [0.1, 0.15) is 0 Å². The number of carboxylic acid groups (broad SMARTS) is 1. The molecule has 6 heteroatoms. The van der Waals surface area contributed by atoms with Crippen molar-refractivity contribution in [2.24, 2.45) is 0 Å². The van der Waals surface area contributed by atoms with Gasteiger partial charge in [-0.2, -0.15) is 0 Å². The molecule has 0 heterocycles. The fourth-order valence-electron chi connectivity index (χ4n) is 1.70. The lowest BCUT2D eigenvalue weighted by Crippen LogP contribution is -2.44. The van der Waals surface area contributed by atoms with E-state index in [4.69, 9.17) is 16.7 Å². The molecule has 20 heavy (non-hydrogen) atoms. The number of carbonyl (C=O) groups excluding carboxylic acids is 1. The van der Waals surface area contributed by atoms with Crippen molar-refractivity contribution >= 4 is 23.6 Å². The first-order valence-electron chi connectivity index (χ1n) is 6.41. The van der Waals surface area contributed by atoms with E-state index in [1.54, 1.807) is 11.0 Å². The number of carboxylic acids is 1. The number of amides is 2. The molecule has 5 nitrogen and oxygen atoms in total. The minimum Gasteiger partial charge on any atom is -0.481 e. The second kappa shape index (κ2) is 7.75. The Morgan fingerprint density at radius 1 is 1.40 bits per heavy atom. The van der Waals surface area contributed by atoms with Crippen molar-refractivity contribution in [2.75, 3.05) is 6.54 Å².